The van der Waals surface area contributed by atoms with Crippen molar-refractivity contribution in [2.45, 2.75) is 13.0 Å². The Labute approximate surface area is 156 Å². The highest BCUT2D eigenvalue weighted by atomic mass is 16.5. The molecule has 6 heteroatoms. The third kappa shape index (κ3) is 5.40. The standard InChI is InChI=1S/C21H19N3O3/c1-15(20(25)23-19-13-14-22-21(26)24-19)27-18-11-9-17(10-12-18)8-7-16-5-3-2-4-6-16/h2-15H,1H3,(H2,22,23,24,25,26)/b8-7+. The molecule has 1 unspecified atom stereocenters. The lowest BCUT2D eigenvalue weighted by molar-refractivity contribution is -0.122. The Morgan fingerprint density at radius 1 is 1.04 bits per heavy atom. The Balaban J connectivity index is 1.58. The summed E-state index contributed by atoms with van der Waals surface area (Å²) in [6.07, 6.45) is 4.63. The second-order valence-electron chi connectivity index (χ2n) is 5.85. The van der Waals surface area contributed by atoms with E-state index in [1.165, 1.54) is 12.3 Å². The molecule has 27 heavy (non-hydrogen) atoms. The van der Waals surface area contributed by atoms with Crippen LogP contribution in [0.15, 0.2) is 71.7 Å². The summed E-state index contributed by atoms with van der Waals surface area (Å²) in [5.74, 6) is 0.486. The van der Waals surface area contributed by atoms with E-state index in [1.54, 1.807) is 6.92 Å². The number of aromatic nitrogens is 2. The minimum atomic E-state index is -0.729. The monoisotopic (exact) mass is 361 g/mol. The average molecular weight is 361 g/mol. The molecule has 1 aromatic heterocycles. The summed E-state index contributed by atoms with van der Waals surface area (Å²) < 4.78 is 5.65. The number of carbonyl (C=O) groups excluding carboxylic acids is 1. The van der Waals surface area contributed by atoms with Crippen molar-refractivity contribution in [3.05, 3.63) is 88.5 Å². The molecular formula is C21H19N3O3. The van der Waals surface area contributed by atoms with Gasteiger partial charge in [0.1, 0.15) is 11.6 Å². The molecule has 0 aliphatic carbocycles. The van der Waals surface area contributed by atoms with Crippen LogP contribution in [0.2, 0.25) is 0 Å². The number of hydrogen-bond acceptors (Lipinski definition) is 4. The molecule has 0 fully saturated rings. The largest absolute Gasteiger partial charge is 0.481 e. The third-order valence-electron chi connectivity index (χ3n) is 3.76. The molecule has 0 radical (unpaired) electrons. The Bertz CT molecular complexity index is 979. The first-order valence-electron chi connectivity index (χ1n) is 8.46. The van der Waals surface area contributed by atoms with E-state index < -0.39 is 11.8 Å². The molecule has 0 bridgehead atoms. The van der Waals surface area contributed by atoms with Gasteiger partial charge in [0.2, 0.25) is 0 Å². The minimum absolute atomic E-state index is 0.275. The molecule has 0 aliphatic heterocycles. The summed E-state index contributed by atoms with van der Waals surface area (Å²) >= 11 is 0. The molecule has 1 amide bonds. The van der Waals surface area contributed by atoms with E-state index in [4.69, 9.17) is 4.74 Å². The number of anilines is 1. The summed E-state index contributed by atoms with van der Waals surface area (Å²) in [5.41, 5.74) is 1.62. The van der Waals surface area contributed by atoms with E-state index in [-0.39, 0.29) is 11.7 Å². The number of aromatic amines is 1. The lowest BCUT2D eigenvalue weighted by Gasteiger charge is -2.14. The van der Waals surface area contributed by atoms with Crippen LogP contribution in [0.3, 0.4) is 0 Å². The zero-order valence-electron chi connectivity index (χ0n) is 14.8. The molecule has 6 nitrogen and oxygen atoms in total. The van der Waals surface area contributed by atoms with Crippen molar-refractivity contribution in [1.29, 1.82) is 0 Å². The van der Waals surface area contributed by atoms with Crippen molar-refractivity contribution < 1.29 is 9.53 Å². The first-order chi connectivity index (χ1) is 13.1. The molecule has 0 spiro atoms. The van der Waals surface area contributed by atoms with E-state index in [0.717, 1.165) is 11.1 Å². The van der Waals surface area contributed by atoms with Gasteiger partial charge < -0.3 is 10.1 Å². The van der Waals surface area contributed by atoms with Crippen LogP contribution in [0.4, 0.5) is 5.82 Å². The zero-order chi connectivity index (χ0) is 19.1. The highest BCUT2D eigenvalue weighted by Gasteiger charge is 2.15. The van der Waals surface area contributed by atoms with Crippen molar-refractivity contribution in [2.75, 3.05) is 5.32 Å². The van der Waals surface area contributed by atoms with Gasteiger partial charge in [0.05, 0.1) is 0 Å². The van der Waals surface area contributed by atoms with Crippen LogP contribution in [0.25, 0.3) is 12.2 Å². The number of nitrogens with one attached hydrogen (secondary N) is 2. The highest BCUT2D eigenvalue weighted by Crippen LogP contribution is 2.16. The normalized spacial score (nSPS) is 11.9. The molecule has 1 heterocycles. The van der Waals surface area contributed by atoms with Crippen molar-refractivity contribution >= 4 is 23.9 Å². The number of H-pyrrole nitrogens is 1. The highest BCUT2D eigenvalue weighted by molar-refractivity contribution is 5.93. The van der Waals surface area contributed by atoms with E-state index in [9.17, 15) is 9.59 Å². The molecule has 136 valence electrons. The van der Waals surface area contributed by atoms with Gasteiger partial charge in [-0.2, -0.15) is 0 Å². The lowest BCUT2D eigenvalue weighted by atomic mass is 10.1. The molecule has 2 aromatic carbocycles. The molecule has 3 rings (SSSR count). The van der Waals surface area contributed by atoms with Gasteiger partial charge in [0, 0.05) is 6.20 Å². The van der Waals surface area contributed by atoms with Crippen molar-refractivity contribution in [1.82, 2.24) is 9.97 Å². The quantitative estimate of drug-likeness (QED) is 0.660. The third-order valence-corrected chi connectivity index (χ3v) is 3.76. The van der Waals surface area contributed by atoms with Gasteiger partial charge in [0.15, 0.2) is 6.10 Å². The van der Waals surface area contributed by atoms with Crippen molar-refractivity contribution in [3.8, 4) is 5.75 Å². The number of hydrogen-bond donors (Lipinski definition) is 2. The van der Waals surface area contributed by atoms with E-state index >= 15 is 0 Å². The van der Waals surface area contributed by atoms with Gasteiger partial charge in [-0.3, -0.25) is 9.78 Å². The van der Waals surface area contributed by atoms with E-state index in [1.807, 2.05) is 66.7 Å². The SMILES string of the molecule is CC(Oc1ccc(/C=C/c2ccccc2)cc1)C(=O)Nc1ccnc(=O)[nH]1. The van der Waals surface area contributed by atoms with Crippen molar-refractivity contribution in [2.24, 2.45) is 0 Å². The van der Waals surface area contributed by atoms with Crippen LogP contribution in [0.5, 0.6) is 5.75 Å². The first kappa shape index (κ1) is 18.1. The number of nitrogens with zero attached hydrogens (tertiary/aromatic N) is 1. The zero-order valence-corrected chi connectivity index (χ0v) is 14.8. The van der Waals surface area contributed by atoms with Crippen LogP contribution >= 0.6 is 0 Å². The number of carbonyl (C=O) groups is 1. The number of ether oxygens (including phenoxy) is 1. The smallest absolute Gasteiger partial charge is 0.346 e. The maximum Gasteiger partial charge on any atom is 0.346 e. The van der Waals surface area contributed by atoms with Crippen LogP contribution in [-0.4, -0.2) is 22.0 Å². The molecule has 3 aromatic rings. The topological polar surface area (TPSA) is 84.1 Å². The molecular weight excluding hydrogens is 342 g/mol. The molecule has 1 atom stereocenters. The summed E-state index contributed by atoms with van der Waals surface area (Å²) in [7, 11) is 0. The van der Waals surface area contributed by atoms with Gasteiger partial charge >= 0.3 is 5.69 Å². The molecule has 0 aliphatic rings. The number of rotatable bonds is 6. The van der Waals surface area contributed by atoms with Crippen LogP contribution in [0, 0.1) is 0 Å². The Morgan fingerprint density at radius 2 is 1.70 bits per heavy atom. The van der Waals surface area contributed by atoms with Gasteiger partial charge in [-0.25, -0.2) is 9.78 Å². The molecule has 0 saturated heterocycles. The average Bonchev–Trinajstić information content (AvgIpc) is 2.68. The fourth-order valence-electron chi connectivity index (χ4n) is 2.35. The van der Waals surface area contributed by atoms with Crippen LogP contribution in [0.1, 0.15) is 18.1 Å². The van der Waals surface area contributed by atoms with E-state index in [0.29, 0.717) is 5.75 Å². The Hall–Kier alpha value is -3.67. The summed E-state index contributed by atoms with van der Waals surface area (Å²) in [6, 6.07) is 19.0. The van der Waals surface area contributed by atoms with Gasteiger partial charge in [-0.15, -0.1) is 0 Å². The van der Waals surface area contributed by atoms with Gasteiger partial charge in [-0.05, 0) is 36.2 Å². The van der Waals surface area contributed by atoms with Gasteiger partial charge in [0.25, 0.3) is 5.91 Å². The van der Waals surface area contributed by atoms with Gasteiger partial charge in [-0.1, -0.05) is 54.6 Å². The minimum Gasteiger partial charge on any atom is -0.481 e. The first-order valence-corrected chi connectivity index (χ1v) is 8.46. The second kappa shape index (κ2) is 8.62. The van der Waals surface area contributed by atoms with Crippen LogP contribution in [-0.2, 0) is 4.79 Å². The number of amides is 1. The number of benzene rings is 2. The Morgan fingerprint density at radius 3 is 2.37 bits per heavy atom. The molecule has 0 saturated carbocycles. The van der Waals surface area contributed by atoms with Crippen LogP contribution < -0.4 is 15.7 Å². The summed E-state index contributed by atoms with van der Waals surface area (Å²) in [5, 5.41) is 2.58. The maximum atomic E-state index is 12.2. The fourth-order valence-corrected chi connectivity index (χ4v) is 2.35. The predicted molar refractivity (Wildman–Crippen MR) is 105 cm³/mol. The Kier molecular flexibility index (Phi) is 5.79. The lowest BCUT2D eigenvalue weighted by Crippen LogP contribution is -2.31. The maximum absolute atomic E-state index is 12.2. The molecule has 2 N–H and O–H groups in total. The van der Waals surface area contributed by atoms with E-state index in [2.05, 4.69) is 15.3 Å². The summed E-state index contributed by atoms with van der Waals surface area (Å²) in [4.78, 5) is 29.3. The summed E-state index contributed by atoms with van der Waals surface area (Å²) in [6.45, 7) is 1.64. The predicted octanol–water partition coefficient (Wildman–Crippen LogP) is 3.35. The fraction of sp³-hybridized carbons (Fsp3) is 0.0952. The van der Waals surface area contributed by atoms with Crippen molar-refractivity contribution in [3.63, 3.8) is 0 Å². The second-order valence-corrected chi connectivity index (χ2v) is 5.85.